The normalized spacial score (nSPS) is 14.7. The molecule has 0 fully saturated rings. The average molecular weight is 339 g/mol. The first-order valence-electron chi connectivity index (χ1n) is 6.48. The number of aryl methyl sites for hydroxylation is 1. The highest BCUT2D eigenvalue weighted by Gasteiger charge is 2.27. The van der Waals surface area contributed by atoms with Gasteiger partial charge in [0.05, 0.1) is 15.6 Å². The summed E-state index contributed by atoms with van der Waals surface area (Å²) in [5.41, 5.74) is 0. The molecule has 0 radical (unpaired) electrons. The maximum absolute atomic E-state index is 12.7. The largest absolute Gasteiger partial charge is 0.329 e. The van der Waals surface area contributed by atoms with E-state index in [0.29, 0.717) is 23.0 Å². The lowest BCUT2D eigenvalue weighted by molar-refractivity contribution is 0.0712. The Bertz CT molecular complexity index is 850. The van der Waals surface area contributed by atoms with E-state index in [4.69, 9.17) is 11.6 Å². The quantitative estimate of drug-likeness (QED) is 0.684. The Morgan fingerprint density at radius 1 is 1.38 bits per heavy atom. The zero-order valence-corrected chi connectivity index (χ0v) is 13.6. The predicted octanol–water partition coefficient (Wildman–Crippen LogP) is 3.17. The molecular formula is C13H11ClN4OS2. The van der Waals surface area contributed by atoms with Crippen LogP contribution >= 0.6 is 34.3 Å². The monoisotopic (exact) mass is 338 g/mol. The molecular weight excluding hydrogens is 328 g/mol. The third-order valence-corrected chi connectivity index (χ3v) is 6.42. The van der Waals surface area contributed by atoms with Gasteiger partial charge in [0.25, 0.3) is 5.91 Å². The van der Waals surface area contributed by atoms with Crippen molar-refractivity contribution in [2.24, 2.45) is 0 Å². The van der Waals surface area contributed by atoms with Crippen LogP contribution in [0.3, 0.4) is 0 Å². The molecule has 3 aromatic rings. The van der Waals surface area contributed by atoms with Crippen LogP contribution in [0.1, 0.15) is 21.3 Å². The molecule has 4 heterocycles. The van der Waals surface area contributed by atoms with Crippen LogP contribution in [0.5, 0.6) is 0 Å². The lowest BCUT2D eigenvalue weighted by atomic mass is 10.3. The van der Waals surface area contributed by atoms with Crippen molar-refractivity contribution in [3.8, 4) is 0 Å². The molecule has 0 spiro atoms. The molecule has 4 rings (SSSR count). The number of halogens is 1. The van der Waals surface area contributed by atoms with E-state index in [1.165, 1.54) is 11.3 Å². The molecule has 1 aliphatic rings. The summed E-state index contributed by atoms with van der Waals surface area (Å²) in [5, 5.41) is 11.7. The van der Waals surface area contributed by atoms with Crippen molar-refractivity contribution in [3.63, 3.8) is 0 Å². The Morgan fingerprint density at radius 3 is 3.05 bits per heavy atom. The Labute approximate surface area is 133 Å². The fourth-order valence-corrected chi connectivity index (χ4v) is 5.14. The van der Waals surface area contributed by atoms with Crippen LogP contribution in [-0.2, 0) is 13.1 Å². The highest BCUT2D eigenvalue weighted by molar-refractivity contribution is 7.38. The average Bonchev–Trinajstić information content (AvgIpc) is 3.16. The zero-order valence-electron chi connectivity index (χ0n) is 11.2. The van der Waals surface area contributed by atoms with Gasteiger partial charge in [0.15, 0.2) is 5.82 Å². The van der Waals surface area contributed by atoms with Crippen molar-refractivity contribution in [1.82, 2.24) is 19.7 Å². The molecule has 0 saturated heterocycles. The molecule has 0 N–H and O–H groups in total. The van der Waals surface area contributed by atoms with Crippen LogP contribution in [0.15, 0.2) is 11.4 Å². The number of rotatable bonds is 1. The van der Waals surface area contributed by atoms with Crippen molar-refractivity contribution in [2.45, 2.75) is 20.0 Å². The Balaban J connectivity index is 1.66. The summed E-state index contributed by atoms with van der Waals surface area (Å²) in [6, 6.07) is 1.96. The highest BCUT2D eigenvalue weighted by atomic mass is 35.5. The first-order chi connectivity index (χ1) is 10.1. The summed E-state index contributed by atoms with van der Waals surface area (Å²) in [4.78, 5) is 15.1. The van der Waals surface area contributed by atoms with Crippen molar-refractivity contribution in [1.29, 1.82) is 0 Å². The molecule has 0 aliphatic carbocycles. The summed E-state index contributed by atoms with van der Waals surface area (Å²) in [5.74, 6) is 1.72. The summed E-state index contributed by atoms with van der Waals surface area (Å²) in [7, 11) is 0. The van der Waals surface area contributed by atoms with Gasteiger partial charge in [-0.15, -0.1) is 32.9 Å². The number of carbonyl (C=O) groups excluding carboxylic acids is 1. The van der Waals surface area contributed by atoms with Gasteiger partial charge in [-0.2, -0.15) is 0 Å². The van der Waals surface area contributed by atoms with Gasteiger partial charge in [-0.05, 0) is 18.4 Å². The predicted molar refractivity (Wildman–Crippen MR) is 84.2 cm³/mol. The number of carbonyl (C=O) groups is 1. The molecule has 5 nitrogen and oxygen atoms in total. The minimum Gasteiger partial charge on any atom is -0.329 e. The smallest absolute Gasteiger partial charge is 0.266 e. The first kappa shape index (κ1) is 13.2. The number of thiophene rings is 2. The summed E-state index contributed by atoms with van der Waals surface area (Å²) in [6.45, 7) is 3.81. The minimum atomic E-state index is -0.0136. The van der Waals surface area contributed by atoms with Crippen molar-refractivity contribution >= 4 is 49.6 Å². The molecule has 0 atom stereocenters. The Morgan fingerprint density at radius 2 is 2.24 bits per heavy atom. The number of aromatic nitrogens is 3. The third-order valence-electron chi connectivity index (χ3n) is 3.68. The standard InChI is InChI=1S/C13H11ClN4OS2/c1-7-15-16-9-6-17(3-4-18(7)9)12(19)11-10(14)8-2-5-20-13(8)21-11/h2,5H,3-4,6H2,1H3. The zero-order chi connectivity index (χ0) is 14.6. The first-order valence-corrected chi connectivity index (χ1v) is 8.56. The SMILES string of the molecule is Cc1nnc2n1CCN(C(=O)c1sc3sccc3c1Cl)C2. The fourth-order valence-electron chi connectivity index (χ4n) is 2.55. The Hall–Kier alpha value is -1.44. The van der Waals surface area contributed by atoms with E-state index in [0.717, 1.165) is 27.6 Å². The van der Waals surface area contributed by atoms with Gasteiger partial charge in [-0.3, -0.25) is 4.79 Å². The maximum atomic E-state index is 12.7. The number of fused-ring (bicyclic) bond motifs is 2. The molecule has 0 saturated carbocycles. The molecule has 0 bridgehead atoms. The van der Waals surface area contributed by atoms with Gasteiger partial charge in [0, 0.05) is 18.5 Å². The van der Waals surface area contributed by atoms with Crippen LogP contribution in [0.2, 0.25) is 5.02 Å². The summed E-state index contributed by atoms with van der Waals surface area (Å²) < 4.78 is 3.15. The second kappa shape index (κ2) is 4.79. The van der Waals surface area contributed by atoms with Gasteiger partial charge in [0.1, 0.15) is 10.7 Å². The fraction of sp³-hybridized carbons (Fsp3) is 0.308. The second-order valence-electron chi connectivity index (χ2n) is 4.91. The van der Waals surface area contributed by atoms with Gasteiger partial charge in [-0.1, -0.05) is 11.6 Å². The number of amides is 1. The van der Waals surface area contributed by atoms with Gasteiger partial charge >= 0.3 is 0 Å². The minimum absolute atomic E-state index is 0.0136. The highest BCUT2D eigenvalue weighted by Crippen LogP contribution is 2.39. The lowest BCUT2D eigenvalue weighted by Crippen LogP contribution is -2.38. The van der Waals surface area contributed by atoms with E-state index in [1.54, 1.807) is 16.2 Å². The van der Waals surface area contributed by atoms with E-state index in [2.05, 4.69) is 14.8 Å². The number of hydrogen-bond acceptors (Lipinski definition) is 5. The lowest BCUT2D eigenvalue weighted by Gasteiger charge is -2.27. The molecule has 0 unspecified atom stereocenters. The van der Waals surface area contributed by atoms with Crippen LogP contribution in [0, 0.1) is 6.92 Å². The summed E-state index contributed by atoms with van der Waals surface area (Å²) in [6.07, 6.45) is 0. The van der Waals surface area contributed by atoms with Crippen LogP contribution in [0.4, 0.5) is 0 Å². The molecule has 1 aliphatic heterocycles. The van der Waals surface area contributed by atoms with Crippen molar-refractivity contribution in [3.05, 3.63) is 33.0 Å². The van der Waals surface area contributed by atoms with E-state index >= 15 is 0 Å². The van der Waals surface area contributed by atoms with Gasteiger partial charge in [0.2, 0.25) is 0 Å². The molecule has 0 aromatic carbocycles. The molecule has 108 valence electrons. The van der Waals surface area contributed by atoms with Crippen molar-refractivity contribution in [2.75, 3.05) is 6.54 Å². The topological polar surface area (TPSA) is 51.0 Å². The van der Waals surface area contributed by atoms with Gasteiger partial charge in [-0.25, -0.2) is 0 Å². The molecule has 8 heteroatoms. The van der Waals surface area contributed by atoms with E-state index in [1.807, 2.05) is 18.4 Å². The van der Waals surface area contributed by atoms with E-state index < -0.39 is 0 Å². The number of nitrogens with zero attached hydrogens (tertiary/aromatic N) is 4. The van der Waals surface area contributed by atoms with Crippen molar-refractivity contribution < 1.29 is 4.79 Å². The van der Waals surface area contributed by atoms with E-state index in [-0.39, 0.29) is 5.91 Å². The van der Waals surface area contributed by atoms with Crippen LogP contribution < -0.4 is 0 Å². The van der Waals surface area contributed by atoms with E-state index in [9.17, 15) is 4.79 Å². The van der Waals surface area contributed by atoms with Crippen LogP contribution in [0.25, 0.3) is 9.40 Å². The Kier molecular flexibility index (Phi) is 3.02. The number of hydrogen-bond donors (Lipinski definition) is 0. The van der Waals surface area contributed by atoms with Gasteiger partial charge < -0.3 is 9.47 Å². The molecule has 1 amide bonds. The second-order valence-corrected chi connectivity index (χ2v) is 7.48. The maximum Gasteiger partial charge on any atom is 0.266 e. The third kappa shape index (κ3) is 1.99. The van der Waals surface area contributed by atoms with Crippen LogP contribution in [-0.4, -0.2) is 32.1 Å². The summed E-state index contributed by atoms with van der Waals surface area (Å²) >= 11 is 9.44. The molecule has 21 heavy (non-hydrogen) atoms. The molecule has 3 aromatic heterocycles.